The third-order valence-electron chi connectivity index (χ3n) is 6.32. The number of aromatic nitrogens is 2. The molecule has 3 heterocycles. The molecule has 1 aliphatic carbocycles. The number of hydrogen-bond donors (Lipinski definition) is 1. The van der Waals surface area contributed by atoms with E-state index in [2.05, 4.69) is 21.9 Å². The fraction of sp³-hybridized carbons (Fsp3) is 0.292. The summed E-state index contributed by atoms with van der Waals surface area (Å²) < 4.78 is 26.4. The minimum Gasteiger partial charge on any atom is -0.493 e. The number of piperidine rings is 2. The lowest BCUT2D eigenvalue weighted by atomic mass is 9.68. The number of halogens is 2. The first-order valence-electron chi connectivity index (χ1n) is 10.6. The zero-order chi connectivity index (χ0) is 23.1. The number of hydrogen-bond acceptors (Lipinski definition) is 6. The van der Waals surface area contributed by atoms with Crippen LogP contribution < -0.4 is 14.8 Å². The van der Waals surface area contributed by atoms with Crippen LogP contribution in [-0.2, 0) is 4.79 Å². The quantitative estimate of drug-likeness (QED) is 0.533. The summed E-state index contributed by atoms with van der Waals surface area (Å²) in [5, 5.41) is 3.68. The molecule has 1 N–H and O–H groups in total. The van der Waals surface area contributed by atoms with Crippen molar-refractivity contribution in [2.45, 2.75) is 12.5 Å². The average Bonchev–Trinajstić information content (AvgIpc) is 2.84. The second-order valence-electron chi connectivity index (χ2n) is 8.25. The van der Waals surface area contributed by atoms with E-state index in [1.54, 1.807) is 31.4 Å². The Kier molecular flexibility index (Phi) is 5.54. The summed E-state index contributed by atoms with van der Waals surface area (Å²) in [6.07, 6.45) is 3.75. The van der Waals surface area contributed by atoms with Crippen LogP contribution in [0.4, 0.5) is 15.9 Å². The molecule has 2 saturated heterocycles. The lowest BCUT2D eigenvalue weighted by Gasteiger charge is -2.52. The standard InChI is InChI=1S/C24H22ClFN4O3/c1-3-21(31)30-10-13-7-14(11-30)23(13)33-20-8-15-18(9-19(20)32-2)27-12-28-24(15)29-17-6-4-5-16(25)22(17)26/h3-6,8-9,12-14,23H,1,7,10-11H2,2H3,(H,27,28,29). The molecule has 7 nitrogen and oxygen atoms in total. The Bertz CT molecular complexity index is 1240. The number of nitrogens with one attached hydrogen (secondary N) is 1. The smallest absolute Gasteiger partial charge is 0.245 e. The van der Waals surface area contributed by atoms with E-state index in [1.165, 1.54) is 18.5 Å². The van der Waals surface area contributed by atoms with Crippen molar-refractivity contribution in [2.75, 3.05) is 25.5 Å². The fourth-order valence-electron chi connectivity index (χ4n) is 4.63. The van der Waals surface area contributed by atoms with Gasteiger partial charge in [-0.1, -0.05) is 24.2 Å². The van der Waals surface area contributed by atoms with Gasteiger partial charge in [0.25, 0.3) is 0 Å². The summed E-state index contributed by atoms with van der Waals surface area (Å²) >= 11 is 5.91. The SMILES string of the molecule is C=CC(=O)N1CC2CC(C1)C2Oc1cc2c(Nc3cccc(Cl)c3F)ncnc2cc1OC. The first kappa shape index (κ1) is 21.5. The fourth-order valence-corrected chi connectivity index (χ4v) is 4.81. The topological polar surface area (TPSA) is 76.6 Å². The van der Waals surface area contributed by atoms with Gasteiger partial charge >= 0.3 is 0 Å². The minimum atomic E-state index is -0.558. The molecule has 6 rings (SSSR count). The van der Waals surface area contributed by atoms with E-state index < -0.39 is 5.82 Å². The van der Waals surface area contributed by atoms with E-state index in [-0.39, 0.29) is 34.6 Å². The number of benzene rings is 2. The van der Waals surface area contributed by atoms with Gasteiger partial charge < -0.3 is 19.7 Å². The van der Waals surface area contributed by atoms with Gasteiger partial charge in [-0.2, -0.15) is 0 Å². The number of ether oxygens (including phenoxy) is 2. The molecule has 3 aliphatic rings. The van der Waals surface area contributed by atoms with Gasteiger partial charge in [-0.05, 0) is 30.7 Å². The Hall–Kier alpha value is -3.39. The molecule has 3 aromatic rings. The Labute approximate surface area is 195 Å². The van der Waals surface area contributed by atoms with E-state index in [0.29, 0.717) is 41.3 Å². The number of fused-ring (bicyclic) bond motifs is 3. The molecule has 170 valence electrons. The summed E-state index contributed by atoms with van der Waals surface area (Å²) in [6.45, 7) is 4.86. The molecule has 1 amide bonds. The molecule has 1 saturated carbocycles. The lowest BCUT2D eigenvalue weighted by molar-refractivity contribution is -0.142. The van der Waals surface area contributed by atoms with Crippen molar-refractivity contribution < 1.29 is 18.7 Å². The maximum absolute atomic E-state index is 14.4. The van der Waals surface area contributed by atoms with Gasteiger partial charge in [-0.25, -0.2) is 14.4 Å². The first-order chi connectivity index (χ1) is 16.0. The van der Waals surface area contributed by atoms with Crippen molar-refractivity contribution in [1.29, 1.82) is 0 Å². The highest BCUT2D eigenvalue weighted by Crippen LogP contribution is 2.45. The Morgan fingerprint density at radius 2 is 2.06 bits per heavy atom. The number of amides is 1. The molecule has 2 bridgehead atoms. The highest BCUT2D eigenvalue weighted by atomic mass is 35.5. The first-order valence-corrected chi connectivity index (χ1v) is 11.0. The van der Waals surface area contributed by atoms with Gasteiger partial charge in [0, 0.05) is 36.4 Å². The van der Waals surface area contributed by atoms with Gasteiger partial charge in [-0.15, -0.1) is 0 Å². The van der Waals surface area contributed by atoms with E-state index in [1.807, 2.05) is 4.90 Å². The number of nitrogens with zero attached hydrogens (tertiary/aromatic N) is 3. The largest absolute Gasteiger partial charge is 0.493 e. The van der Waals surface area contributed by atoms with Crippen molar-refractivity contribution >= 4 is 39.9 Å². The predicted octanol–water partition coefficient (Wildman–Crippen LogP) is 4.59. The lowest BCUT2D eigenvalue weighted by Crippen LogP contribution is -2.61. The molecule has 0 spiro atoms. The van der Waals surface area contributed by atoms with Crippen LogP contribution >= 0.6 is 11.6 Å². The van der Waals surface area contributed by atoms with Crippen LogP contribution in [0.1, 0.15) is 6.42 Å². The summed E-state index contributed by atoms with van der Waals surface area (Å²) in [4.78, 5) is 22.4. The van der Waals surface area contributed by atoms with Crippen LogP contribution in [0.5, 0.6) is 11.5 Å². The molecule has 2 aromatic carbocycles. The van der Waals surface area contributed by atoms with E-state index in [9.17, 15) is 9.18 Å². The third-order valence-corrected chi connectivity index (χ3v) is 6.61. The Balaban J connectivity index is 1.45. The summed E-state index contributed by atoms with van der Waals surface area (Å²) in [5.74, 6) is 1.41. The van der Waals surface area contributed by atoms with Crippen molar-refractivity contribution in [3.8, 4) is 11.5 Å². The molecule has 3 fully saturated rings. The van der Waals surface area contributed by atoms with Crippen LogP contribution in [0.15, 0.2) is 49.3 Å². The van der Waals surface area contributed by atoms with Crippen molar-refractivity contribution in [2.24, 2.45) is 11.8 Å². The third kappa shape index (κ3) is 3.84. The number of carbonyl (C=O) groups is 1. The van der Waals surface area contributed by atoms with E-state index in [0.717, 1.165) is 6.42 Å². The van der Waals surface area contributed by atoms with Gasteiger partial charge in [0.15, 0.2) is 17.3 Å². The van der Waals surface area contributed by atoms with Crippen LogP contribution in [0.2, 0.25) is 5.02 Å². The molecule has 1 aromatic heterocycles. The Morgan fingerprint density at radius 3 is 2.79 bits per heavy atom. The van der Waals surface area contributed by atoms with E-state index in [4.69, 9.17) is 21.1 Å². The molecular formula is C24H22ClFN4O3. The minimum absolute atomic E-state index is 0.0170. The normalized spacial score (nSPS) is 21.3. The predicted molar refractivity (Wildman–Crippen MR) is 124 cm³/mol. The maximum Gasteiger partial charge on any atom is 0.245 e. The number of carbonyl (C=O) groups excluding carboxylic acids is 1. The highest BCUT2D eigenvalue weighted by molar-refractivity contribution is 6.31. The molecule has 2 aliphatic heterocycles. The molecule has 9 heteroatoms. The van der Waals surface area contributed by atoms with Crippen LogP contribution in [0.25, 0.3) is 10.9 Å². The van der Waals surface area contributed by atoms with Crippen molar-refractivity contribution in [3.05, 3.63) is 60.2 Å². The molecule has 2 atom stereocenters. The molecular weight excluding hydrogens is 447 g/mol. The monoisotopic (exact) mass is 468 g/mol. The zero-order valence-electron chi connectivity index (χ0n) is 17.9. The van der Waals surface area contributed by atoms with Gasteiger partial charge in [0.2, 0.25) is 5.91 Å². The van der Waals surface area contributed by atoms with Crippen molar-refractivity contribution in [3.63, 3.8) is 0 Å². The van der Waals surface area contributed by atoms with Crippen LogP contribution in [0, 0.1) is 17.7 Å². The number of anilines is 2. The van der Waals surface area contributed by atoms with Crippen LogP contribution in [0.3, 0.4) is 0 Å². The second-order valence-corrected chi connectivity index (χ2v) is 8.66. The zero-order valence-corrected chi connectivity index (χ0v) is 18.7. The molecule has 0 radical (unpaired) electrons. The maximum atomic E-state index is 14.4. The van der Waals surface area contributed by atoms with Crippen LogP contribution in [-0.4, -0.2) is 47.1 Å². The van der Waals surface area contributed by atoms with Gasteiger partial charge in [0.05, 0.1) is 23.3 Å². The Morgan fingerprint density at radius 1 is 1.27 bits per heavy atom. The van der Waals surface area contributed by atoms with Gasteiger partial charge in [-0.3, -0.25) is 4.79 Å². The number of methoxy groups -OCH3 is 1. The van der Waals surface area contributed by atoms with E-state index >= 15 is 0 Å². The highest BCUT2D eigenvalue weighted by Gasteiger charge is 2.49. The summed E-state index contributed by atoms with van der Waals surface area (Å²) in [7, 11) is 1.57. The molecule has 2 unspecified atom stereocenters. The van der Waals surface area contributed by atoms with Gasteiger partial charge in [0.1, 0.15) is 18.2 Å². The second kappa shape index (κ2) is 8.51. The average molecular weight is 469 g/mol. The summed E-state index contributed by atoms with van der Waals surface area (Å²) in [5.41, 5.74) is 0.831. The summed E-state index contributed by atoms with van der Waals surface area (Å²) in [6, 6.07) is 8.30. The molecule has 33 heavy (non-hydrogen) atoms. The number of rotatable bonds is 6. The van der Waals surface area contributed by atoms with Crippen molar-refractivity contribution in [1.82, 2.24) is 14.9 Å².